The van der Waals surface area contributed by atoms with E-state index in [1.165, 1.54) is 0 Å². The van der Waals surface area contributed by atoms with Gasteiger partial charge in [-0.3, -0.25) is 4.79 Å². The van der Waals surface area contributed by atoms with Crippen molar-refractivity contribution in [2.24, 2.45) is 0 Å². The number of carbonyl (C=O) groups excluding carboxylic acids is 1. The van der Waals surface area contributed by atoms with Crippen molar-refractivity contribution in [1.82, 2.24) is 5.32 Å². The molecule has 0 aliphatic carbocycles. The summed E-state index contributed by atoms with van der Waals surface area (Å²) in [6, 6.07) is 3.73. The number of hydrogen-bond donors (Lipinski definition) is 1. The van der Waals surface area contributed by atoms with E-state index in [0.717, 1.165) is 31.6 Å². The molecule has 1 fully saturated rings. The number of hydrogen-bond acceptors (Lipinski definition) is 3. The summed E-state index contributed by atoms with van der Waals surface area (Å²) in [6.07, 6.45) is 6.33. The Morgan fingerprint density at radius 2 is 2.47 bits per heavy atom. The van der Waals surface area contributed by atoms with Gasteiger partial charge in [-0.25, -0.2) is 0 Å². The second-order valence-corrected chi connectivity index (χ2v) is 4.35. The van der Waals surface area contributed by atoms with Gasteiger partial charge in [-0.2, -0.15) is 0 Å². The monoisotopic (exact) mass is 237 g/mol. The van der Waals surface area contributed by atoms with Gasteiger partial charge in [-0.15, -0.1) is 0 Å². The lowest BCUT2D eigenvalue weighted by molar-refractivity contribution is -0.121. The minimum atomic E-state index is 0.0828. The first-order valence-electron chi connectivity index (χ1n) is 6.25. The van der Waals surface area contributed by atoms with Gasteiger partial charge in [0, 0.05) is 26.0 Å². The molecule has 1 aromatic heterocycles. The molecule has 2 heterocycles. The number of amides is 1. The Morgan fingerprint density at radius 1 is 1.53 bits per heavy atom. The van der Waals surface area contributed by atoms with Crippen LogP contribution < -0.4 is 5.32 Å². The van der Waals surface area contributed by atoms with E-state index in [0.29, 0.717) is 25.5 Å². The summed E-state index contributed by atoms with van der Waals surface area (Å²) >= 11 is 0. The highest BCUT2D eigenvalue weighted by Crippen LogP contribution is 2.14. The first kappa shape index (κ1) is 12.2. The van der Waals surface area contributed by atoms with Crippen LogP contribution in [0.5, 0.6) is 0 Å². The Kier molecular flexibility index (Phi) is 4.62. The number of aryl methyl sites for hydroxylation is 1. The number of furan rings is 1. The topological polar surface area (TPSA) is 51.5 Å². The average Bonchev–Trinajstić information content (AvgIpc) is 2.99. The van der Waals surface area contributed by atoms with Crippen LogP contribution in [0.15, 0.2) is 22.8 Å². The molecule has 94 valence electrons. The maximum absolute atomic E-state index is 11.5. The smallest absolute Gasteiger partial charge is 0.220 e. The van der Waals surface area contributed by atoms with Crippen molar-refractivity contribution in [2.45, 2.75) is 38.2 Å². The van der Waals surface area contributed by atoms with E-state index in [1.54, 1.807) is 6.26 Å². The summed E-state index contributed by atoms with van der Waals surface area (Å²) in [5.74, 6) is 0.943. The second-order valence-electron chi connectivity index (χ2n) is 4.35. The van der Waals surface area contributed by atoms with Gasteiger partial charge in [0.15, 0.2) is 0 Å². The fraction of sp³-hybridized carbons (Fsp3) is 0.615. The molecule has 1 unspecified atom stereocenters. The van der Waals surface area contributed by atoms with Crippen molar-refractivity contribution in [3.05, 3.63) is 24.2 Å². The van der Waals surface area contributed by atoms with Crippen LogP contribution in [-0.4, -0.2) is 25.2 Å². The SMILES string of the molecule is O=C(CCc1ccco1)NCCC1CCCO1. The normalized spacial score (nSPS) is 19.4. The minimum absolute atomic E-state index is 0.0828. The molecule has 4 nitrogen and oxygen atoms in total. The maximum atomic E-state index is 11.5. The molecule has 1 aliphatic rings. The molecule has 1 aromatic rings. The van der Waals surface area contributed by atoms with Gasteiger partial charge in [0.05, 0.1) is 12.4 Å². The molecule has 0 aromatic carbocycles. The first-order valence-corrected chi connectivity index (χ1v) is 6.25. The van der Waals surface area contributed by atoms with E-state index >= 15 is 0 Å². The van der Waals surface area contributed by atoms with E-state index in [2.05, 4.69) is 5.32 Å². The van der Waals surface area contributed by atoms with Gasteiger partial charge in [0.1, 0.15) is 5.76 Å². The molecular weight excluding hydrogens is 218 g/mol. The Hall–Kier alpha value is -1.29. The average molecular weight is 237 g/mol. The van der Waals surface area contributed by atoms with Crippen molar-refractivity contribution < 1.29 is 13.9 Å². The Balaban J connectivity index is 1.54. The molecule has 4 heteroatoms. The molecule has 17 heavy (non-hydrogen) atoms. The molecule has 2 rings (SSSR count). The highest BCUT2D eigenvalue weighted by molar-refractivity contribution is 5.76. The standard InChI is InChI=1S/C13H19NO3/c15-13(6-5-11-3-1-9-16-11)14-8-7-12-4-2-10-17-12/h1,3,9,12H,2,4-8,10H2,(H,14,15). The van der Waals surface area contributed by atoms with Gasteiger partial charge in [-0.05, 0) is 31.4 Å². The highest BCUT2D eigenvalue weighted by Gasteiger charge is 2.15. The zero-order chi connectivity index (χ0) is 11.9. The summed E-state index contributed by atoms with van der Waals surface area (Å²) in [7, 11) is 0. The molecular formula is C13H19NO3. The predicted octanol–water partition coefficient (Wildman–Crippen LogP) is 1.90. The zero-order valence-electron chi connectivity index (χ0n) is 9.98. The summed E-state index contributed by atoms with van der Waals surface area (Å²) in [6.45, 7) is 1.58. The molecule has 1 amide bonds. The molecule has 1 atom stereocenters. The summed E-state index contributed by atoms with van der Waals surface area (Å²) in [5.41, 5.74) is 0. The van der Waals surface area contributed by atoms with Crippen LogP contribution in [0.25, 0.3) is 0 Å². The van der Waals surface area contributed by atoms with Crippen LogP contribution in [0, 0.1) is 0 Å². The fourth-order valence-electron chi connectivity index (χ4n) is 2.02. The number of ether oxygens (including phenoxy) is 1. The molecule has 0 radical (unpaired) electrons. The third-order valence-corrected chi connectivity index (χ3v) is 2.99. The third kappa shape index (κ3) is 4.23. The lowest BCUT2D eigenvalue weighted by Crippen LogP contribution is -2.27. The van der Waals surface area contributed by atoms with Gasteiger partial charge in [0.2, 0.25) is 5.91 Å². The van der Waals surface area contributed by atoms with Crippen molar-refractivity contribution >= 4 is 5.91 Å². The molecule has 1 aliphatic heterocycles. The molecule has 0 spiro atoms. The molecule has 0 saturated carbocycles. The lowest BCUT2D eigenvalue weighted by atomic mass is 10.2. The van der Waals surface area contributed by atoms with E-state index in [4.69, 9.17) is 9.15 Å². The second kappa shape index (κ2) is 6.45. The van der Waals surface area contributed by atoms with E-state index in [9.17, 15) is 4.79 Å². The Morgan fingerprint density at radius 3 is 3.18 bits per heavy atom. The highest BCUT2D eigenvalue weighted by atomic mass is 16.5. The maximum Gasteiger partial charge on any atom is 0.220 e. The van der Waals surface area contributed by atoms with Gasteiger partial charge in [-0.1, -0.05) is 0 Å². The van der Waals surface area contributed by atoms with Crippen molar-refractivity contribution in [2.75, 3.05) is 13.2 Å². The van der Waals surface area contributed by atoms with Crippen molar-refractivity contribution in [3.8, 4) is 0 Å². The zero-order valence-corrected chi connectivity index (χ0v) is 9.98. The predicted molar refractivity (Wildman–Crippen MR) is 63.6 cm³/mol. The van der Waals surface area contributed by atoms with Crippen LogP contribution in [0.3, 0.4) is 0 Å². The van der Waals surface area contributed by atoms with Crippen molar-refractivity contribution in [1.29, 1.82) is 0 Å². The van der Waals surface area contributed by atoms with E-state index in [1.807, 2.05) is 12.1 Å². The third-order valence-electron chi connectivity index (χ3n) is 2.99. The van der Waals surface area contributed by atoms with Crippen LogP contribution in [0.1, 0.15) is 31.4 Å². The van der Waals surface area contributed by atoms with Crippen LogP contribution in [-0.2, 0) is 16.0 Å². The van der Waals surface area contributed by atoms with E-state index < -0.39 is 0 Å². The number of nitrogens with one attached hydrogen (secondary N) is 1. The number of rotatable bonds is 6. The largest absolute Gasteiger partial charge is 0.469 e. The quantitative estimate of drug-likeness (QED) is 0.822. The van der Waals surface area contributed by atoms with Crippen LogP contribution >= 0.6 is 0 Å². The lowest BCUT2D eigenvalue weighted by Gasteiger charge is -2.09. The van der Waals surface area contributed by atoms with Gasteiger partial charge < -0.3 is 14.5 Å². The minimum Gasteiger partial charge on any atom is -0.469 e. The van der Waals surface area contributed by atoms with Crippen LogP contribution in [0.2, 0.25) is 0 Å². The van der Waals surface area contributed by atoms with Gasteiger partial charge >= 0.3 is 0 Å². The summed E-state index contributed by atoms with van der Waals surface area (Å²) < 4.78 is 10.7. The molecule has 0 bridgehead atoms. The first-order chi connectivity index (χ1) is 8.34. The van der Waals surface area contributed by atoms with E-state index in [-0.39, 0.29) is 5.91 Å². The summed E-state index contributed by atoms with van der Waals surface area (Å²) in [5, 5.41) is 2.91. The molecule has 1 N–H and O–H groups in total. The Labute approximate surface area is 101 Å². The molecule has 1 saturated heterocycles. The van der Waals surface area contributed by atoms with Gasteiger partial charge in [0.25, 0.3) is 0 Å². The summed E-state index contributed by atoms with van der Waals surface area (Å²) in [4.78, 5) is 11.5. The Bertz CT molecular complexity index is 328. The van der Waals surface area contributed by atoms with Crippen LogP contribution in [0.4, 0.5) is 0 Å². The van der Waals surface area contributed by atoms with Crippen molar-refractivity contribution in [3.63, 3.8) is 0 Å². The number of carbonyl (C=O) groups is 1. The fourth-order valence-corrected chi connectivity index (χ4v) is 2.02.